The summed E-state index contributed by atoms with van der Waals surface area (Å²) in [6.07, 6.45) is 4.88. The Morgan fingerprint density at radius 1 is 0.508 bits per heavy atom. The number of carbonyl (C=O) groups is 2. The molecule has 59 heavy (non-hydrogen) atoms. The summed E-state index contributed by atoms with van der Waals surface area (Å²) in [5.41, 5.74) is -2.82. The van der Waals surface area contributed by atoms with Gasteiger partial charge < -0.3 is 14.2 Å². The molecule has 13 heteroatoms. The zero-order valence-electron chi connectivity index (χ0n) is 31.3. The number of ketones is 2. The number of rotatable bonds is 11. The van der Waals surface area contributed by atoms with E-state index >= 15 is 17.6 Å². The third-order valence-corrected chi connectivity index (χ3v) is 10.6. The molecular formula is C46H32F8O5. The predicted molar refractivity (Wildman–Crippen MR) is 200 cm³/mol. The minimum Gasteiger partial charge on any atom is -0.497 e. The van der Waals surface area contributed by atoms with Gasteiger partial charge in [0, 0.05) is 22.6 Å². The second-order valence-electron chi connectivity index (χ2n) is 14.0. The fourth-order valence-electron chi connectivity index (χ4n) is 7.39. The molecule has 0 aliphatic heterocycles. The van der Waals surface area contributed by atoms with Crippen LogP contribution in [0.3, 0.4) is 0 Å². The molecular weight excluding hydrogens is 784 g/mol. The number of hydrogen-bond donors (Lipinski definition) is 0. The van der Waals surface area contributed by atoms with Crippen molar-refractivity contribution < 1.29 is 58.9 Å². The highest BCUT2D eigenvalue weighted by atomic mass is 19.2. The van der Waals surface area contributed by atoms with Crippen LogP contribution in [0.1, 0.15) is 80.6 Å². The number of benzene rings is 6. The van der Waals surface area contributed by atoms with Crippen molar-refractivity contribution in [2.24, 2.45) is 0 Å². The van der Waals surface area contributed by atoms with Gasteiger partial charge in [-0.3, -0.25) is 9.59 Å². The summed E-state index contributed by atoms with van der Waals surface area (Å²) in [5, 5.41) is 0. The molecule has 0 bridgehead atoms. The Balaban J connectivity index is 1.06. The molecule has 0 atom stereocenters. The normalized spacial score (nSPS) is 13.5. The van der Waals surface area contributed by atoms with E-state index in [-0.39, 0.29) is 28.2 Å². The fraction of sp³-hybridized carbons (Fsp3) is 0.174. The average Bonchev–Trinajstić information content (AvgIpc) is 3.25. The van der Waals surface area contributed by atoms with Gasteiger partial charge in [-0.1, -0.05) is 43.5 Å². The molecule has 0 amide bonds. The van der Waals surface area contributed by atoms with E-state index in [9.17, 15) is 27.2 Å². The van der Waals surface area contributed by atoms with Crippen LogP contribution in [-0.2, 0) is 5.41 Å². The van der Waals surface area contributed by atoms with Gasteiger partial charge in [-0.05, 0) is 97.6 Å². The summed E-state index contributed by atoms with van der Waals surface area (Å²) in [6, 6.07) is 21.9. The number of hydrogen-bond acceptors (Lipinski definition) is 5. The molecule has 0 unspecified atom stereocenters. The van der Waals surface area contributed by atoms with Crippen LogP contribution in [0.2, 0.25) is 0 Å². The lowest BCUT2D eigenvalue weighted by atomic mass is 9.65. The van der Waals surface area contributed by atoms with Gasteiger partial charge in [0.25, 0.3) is 0 Å². The highest BCUT2D eigenvalue weighted by Gasteiger charge is 2.36. The molecule has 0 radical (unpaired) electrons. The van der Waals surface area contributed by atoms with Crippen molar-refractivity contribution in [3.63, 3.8) is 0 Å². The molecule has 6 aromatic carbocycles. The quantitative estimate of drug-likeness (QED) is 0.0740. The lowest BCUT2D eigenvalue weighted by Crippen LogP contribution is -2.30. The Morgan fingerprint density at radius 2 is 1.03 bits per heavy atom. The molecule has 5 nitrogen and oxygen atoms in total. The molecule has 0 saturated heterocycles. The number of ether oxygens (including phenoxy) is 3. The maximum atomic E-state index is 15.4. The molecule has 0 aromatic heterocycles. The largest absolute Gasteiger partial charge is 0.497 e. The molecule has 6 aromatic rings. The SMILES string of the molecule is COc1ccc(C2(c3ccc(Oc4c(F)cc(C(=O)c5ccc(Oc6ccc(C(=O)c7c(F)c(F)c(C)c(F)c7F)cc6)cc5F)c(F)c4F)cc3)CCCCC2)cc1. The minimum absolute atomic E-state index is 0.00781. The maximum absolute atomic E-state index is 15.4. The first-order chi connectivity index (χ1) is 28.2. The molecule has 7 rings (SSSR count). The fourth-order valence-corrected chi connectivity index (χ4v) is 7.39. The van der Waals surface area contributed by atoms with E-state index in [1.807, 2.05) is 24.3 Å². The van der Waals surface area contributed by atoms with Crippen LogP contribution in [0.15, 0.2) is 97.1 Å². The first-order valence-corrected chi connectivity index (χ1v) is 18.3. The van der Waals surface area contributed by atoms with Crippen molar-refractivity contribution in [3.05, 3.63) is 183 Å². The van der Waals surface area contributed by atoms with E-state index in [1.54, 1.807) is 19.2 Å². The van der Waals surface area contributed by atoms with Crippen LogP contribution < -0.4 is 14.2 Å². The Bertz CT molecular complexity index is 2560. The van der Waals surface area contributed by atoms with Gasteiger partial charge in [0.1, 0.15) is 34.4 Å². The Morgan fingerprint density at radius 3 is 1.59 bits per heavy atom. The van der Waals surface area contributed by atoms with E-state index < -0.39 is 86.1 Å². The maximum Gasteiger partial charge on any atom is 0.205 e. The van der Waals surface area contributed by atoms with Gasteiger partial charge in [0.05, 0.1) is 18.2 Å². The number of methoxy groups -OCH3 is 1. The first-order valence-electron chi connectivity index (χ1n) is 18.3. The zero-order valence-corrected chi connectivity index (χ0v) is 31.3. The van der Waals surface area contributed by atoms with Crippen molar-refractivity contribution in [1.82, 2.24) is 0 Å². The van der Waals surface area contributed by atoms with Crippen molar-refractivity contribution in [2.75, 3.05) is 7.11 Å². The molecule has 1 fully saturated rings. The standard InChI is InChI=1S/C46H32F8O5/c1-24-37(49)40(52)36(41(53)38(24)50)43(55)25-6-12-29(13-7-25)58-31-18-19-32(34(47)22-31)44(56)33-23-35(48)45(42(54)39(33)51)59-30-16-10-27(11-17-30)46(20-4-3-5-21-46)26-8-14-28(57-2)15-9-26/h6-19,22-23H,3-5,20-21H2,1-2H3. The summed E-state index contributed by atoms with van der Waals surface area (Å²) in [4.78, 5) is 25.9. The monoisotopic (exact) mass is 816 g/mol. The van der Waals surface area contributed by atoms with Gasteiger partial charge in [0.2, 0.25) is 11.6 Å². The van der Waals surface area contributed by atoms with Crippen molar-refractivity contribution >= 4 is 11.6 Å². The topological polar surface area (TPSA) is 61.8 Å². The van der Waals surface area contributed by atoms with E-state index in [2.05, 4.69) is 0 Å². The lowest BCUT2D eigenvalue weighted by molar-refractivity contribution is 0.102. The molecule has 1 aliphatic rings. The smallest absolute Gasteiger partial charge is 0.205 e. The first kappa shape index (κ1) is 40.7. The molecule has 1 aliphatic carbocycles. The van der Waals surface area contributed by atoms with Crippen LogP contribution in [0.4, 0.5) is 35.1 Å². The average molecular weight is 817 g/mol. The van der Waals surface area contributed by atoms with E-state index in [1.165, 1.54) is 12.1 Å². The Kier molecular flexibility index (Phi) is 11.3. The van der Waals surface area contributed by atoms with Gasteiger partial charge >= 0.3 is 0 Å². The second-order valence-corrected chi connectivity index (χ2v) is 14.0. The number of carbonyl (C=O) groups excluding carboxylic acids is 2. The van der Waals surface area contributed by atoms with Gasteiger partial charge in [0.15, 0.2) is 46.5 Å². The summed E-state index contributed by atoms with van der Waals surface area (Å²) in [5.74, 6) is -16.8. The summed E-state index contributed by atoms with van der Waals surface area (Å²) < 4.78 is 134. The number of halogens is 8. The van der Waals surface area contributed by atoms with E-state index in [0.717, 1.165) is 98.4 Å². The van der Waals surface area contributed by atoms with Crippen molar-refractivity contribution in [3.8, 4) is 28.7 Å². The van der Waals surface area contributed by atoms with Crippen LogP contribution >= 0.6 is 0 Å². The third-order valence-electron chi connectivity index (χ3n) is 10.6. The molecule has 302 valence electrons. The van der Waals surface area contributed by atoms with Crippen LogP contribution in [0.25, 0.3) is 0 Å². The van der Waals surface area contributed by atoms with Crippen molar-refractivity contribution in [1.29, 1.82) is 0 Å². The molecule has 1 saturated carbocycles. The molecule has 0 N–H and O–H groups in total. The summed E-state index contributed by atoms with van der Waals surface area (Å²) >= 11 is 0. The predicted octanol–water partition coefficient (Wildman–Crippen LogP) is 12.4. The van der Waals surface area contributed by atoms with Gasteiger partial charge in [-0.25, -0.2) is 30.7 Å². The van der Waals surface area contributed by atoms with E-state index in [4.69, 9.17) is 14.2 Å². The lowest BCUT2D eigenvalue weighted by Gasteiger charge is -2.38. The van der Waals surface area contributed by atoms with Crippen LogP contribution in [0, 0.1) is 53.5 Å². The highest BCUT2D eigenvalue weighted by molar-refractivity contribution is 6.10. The summed E-state index contributed by atoms with van der Waals surface area (Å²) in [6.45, 7) is 0.810. The van der Waals surface area contributed by atoms with Gasteiger partial charge in [-0.2, -0.15) is 4.39 Å². The summed E-state index contributed by atoms with van der Waals surface area (Å²) in [7, 11) is 1.59. The van der Waals surface area contributed by atoms with Gasteiger partial charge in [-0.15, -0.1) is 0 Å². The van der Waals surface area contributed by atoms with Crippen LogP contribution in [-0.4, -0.2) is 18.7 Å². The second kappa shape index (κ2) is 16.4. The zero-order chi connectivity index (χ0) is 42.2. The van der Waals surface area contributed by atoms with E-state index in [0.29, 0.717) is 6.07 Å². The Hall–Kier alpha value is -6.50. The minimum atomic E-state index is -1.86. The van der Waals surface area contributed by atoms with Crippen LogP contribution in [0.5, 0.6) is 28.7 Å². The van der Waals surface area contributed by atoms with Crippen molar-refractivity contribution in [2.45, 2.75) is 44.4 Å². The molecule has 0 heterocycles. The molecule has 0 spiro atoms. The highest BCUT2D eigenvalue weighted by Crippen LogP contribution is 2.46. The third kappa shape index (κ3) is 7.64. The Labute approximate surface area is 332 Å².